The van der Waals surface area contributed by atoms with Gasteiger partial charge in [-0.1, -0.05) is 18.6 Å². The van der Waals surface area contributed by atoms with Gasteiger partial charge in [0.2, 0.25) is 0 Å². The number of likely N-dealkylation sites (tertiary alicyclic amines) is 1. The fraction of sp³-hybridized carbons (Fsp3) is 0.360. The highest BCUT2D eigenvalue weighted by atomic mass is 16.4. The fourth-order valence-corrected chi connectivity index (χ4v) is 4.44. The molecule has 4 rings (SSSR count). The van der Waals surface area contributed by atoms with E-state index in [2.05, 4.69) is 9.74 Å². The van der Waals surface area contributed by atoms with E-state index in [1.165, 1.54) is 6.42 Å². The van der Waals surface area contributed by atoms with Gasteiger partial charge in [0.05, 0.1) is 36.1 Å². The number of aromatic nitrogens is 2. The quantitative estimate of drug-likeness (QED) is 0.439. The first-order valence-electron chi connectivity index (χ1n) is 10.9. The normalized spacial score (nSPS) is 14.4. The van der Waals surface area contributed by atoms with E-state index < -0.39 is 5.97 Å². The van der Waals surface area contributed by atoms with Crippen molar-refractivity contribution >= 4 is 28.5 Å². The van der Waals surface area contributed by atoms with Crippen LogP contribution < -0.4 is 0 Å². The number of carbonyl (C=O) groups excluding carboxylic acids is 1. The second kappa shape index (κ2) is 9.33. The van der Waals surface area contributed by atoms with E-state index in [9.17, 15) is 9.59 Å². The number of benzene rings is 1. The van der Waals surface area contributed by atoms with E-state index in [0.29, 0.717) is 35.4 Å². The van der Waals surface area contributed by atoms with Crippen LogP contribution in [0.1, 0.15) is 47.4 Å². The summed E-state index contributed by atoms with van der Waals surface area (Å²) in [5, 5.41) is 9.04. The predicted octanol–water partition coefficient (Wildman–Crippen LogP) is 4.57. The van der Waals surface area contributed by atoms with Gasteiger partial charge in [-0.15, -0.1) is 0 Å². The first-order chi connectivity index (χ1) is 15.5. The maximum Gasteiger partial charge on any atom is 0.303 e. The number of aryl methyl sites for hydroxylation is 1. The Labute approximate surface area is 187 Å². The van der Waals surface area contributed by atoms with E-state index in [0.717, 1.165) is 42.8 Å². The smallest absolute Gasteiger partial charge is 0.303 e. The van der Waals surface area contributed by atoms with Crippen molar-refractivity contribution in [3.63, 3.8) is 0 Å². The number of carboxylic acid groups (broad SMARTS) is 1. The van der Waals surface area contributed by atoms with Crippen LogP contribution in [-0.2, 0) is 11.2 Å². The standard InChI is InChI=1S/C25H26N4O3/c1-17-24(22(30)16-28-14-4-3-5-15-28)25-21(12-8-19(27-25)9-13-23(31)32)29(17)20-10-6-18(26-2)7-11-20/h6-8,10-12H,3-5,9,13-16H2,1H3,(H,31,32). The Morgan fingerprint density at radius 3 is 2.47 bits per heavy atom. The predicted molar refractivity (Wildman–Crippen MR) is 123 cm³/mol. The monoisotopic (exact) mass is 430 g/mol. The molecule has 1 N–H and O–H groups in total. The molecule has 7 nitrogen and oxygen atoms in total. The van der Waals surface area contributed by atoms with Crippen molar-refractivity contribution in [2.75, 3.05) is 19.6 Å². The molecule has 1 aromatic carbocycles. The van der Waals surface area contributed by atoms with Gasteiger partial charge in [-0.05, 0) is 57.1 Å². The molecule has 1 saturated heterocycles. The number of nitrogens with zero attached hydrogens (tertiary/aromatic N) is 4. The Morgan fingerprint density at radius 2 is 1.81 bits per heavy atom. The van der Waals surface area contributed by atoms with Crippen LogP contribution in [0.25, 0.3) is 21.6 Å². The average Bonchev–Trinajstić information content (AvgIpc) is 3.09. The van der Waals surface area contributed by atoms with E-state index in [-0.39, 0.29) is 12.2 Å². The van der Waals surface area contributed by atoms with Crippen LogP contribution in [0.15, 0.2) is 36.4 Å². The third-order valence-corrected chi connectivity index (χ3v) is 6.03. The number of hydrogen-bond donors (Lipinski definition) is 1. The number of ketones is 1. The van der Waals surface area contributed by atoms with Gasteiger partial charge in [0.15, 0.2) is 11.5 Å². The van der Waals surface area contributed by atoms with Crippen LogP contribution in [0.2, 0.25) is 0 Å². The highest BCUT2D eigenvalue weighted by molar-refractivity contribution is 6.09. The van der Waals surface area contributed by atoms with Gasteiger partial charge in [-0.25, -0.2) is 4.85 Å². The number of pyridine rings is 1. The summed E-state index contributed by atoms with van der Waals surface area (Å²) in [6, 6.07) is 11.0. The van der Waals surface area contributed by atoms with E-state index >= 15 is 0 Å². The molecule has 3 heterocycles. The maximum absolute atomic E-state index is 13.4. The molecule has 0 spiro atoms. The van der Waals surface area contributed by atoms with Gasteiger partial charge in [0, 0.05) is 23.5 Å². The van der Waals surface area contributed by atoms with Crippen LogP contribution in [0, 0.1) is 13.5 Å². The summed E-state index contributed by atoms with van der Waals surface area (Å²) in [6.45, 7) is 11.3. The largest absolute Gasteiger partial charge is 0.481 e. The molecule has 0 unspecified atom stereocenters. The Balaban J connectivity index is 1.80. The lowest BCUT2D eigenvalue weighted by Crippen LogP contribution is -2.34. The van der Waals surface area contributed by atoms with Gasteiger partial charge in [-0.3, -0.25) is 19.5 Å². The lowest BCUT2D eigenvalue weighted by Gasteiger charge is -2.25. The Kier molecular flexibility index (Phi) is 6.33. The third kappa shape index (κ3) is 4.41. The molecule has 0 saturated carbocycles. The highest BCUT2D eigenvalue weighted by Crippen LogP contribution is 2.30. The van der Waals surface area contributed by atoms with Crippen molar-refractivity contribution < 1.29 is 14.7 Å². The Bertz CT molecular complexity index is 1200. The minimum atomic E-state index is -0.873. The molecule has 1 fully saturated rings. The van der Waals surface area contributed by atoms with Gasteiger partial charge in [0.1, 0.15) is 0 Å². The number of fused-ring (bicyclic) bond motifs is 1. The van der Waals surface area contributed by atoms with Crippen molar-refractivity contribution in [3.05, 3.63) is 64.8 Å². The van der Waals surface area contributed by atoms with Gasteiger partial charge < -0.3 is 9.67 Å². The zero-order valence-corrected chi connectivity index (χ0v) is 18.2. The summed E-state index contributed by atoms with van der Waals surface area (Å²) in [5.41, 5.74) is 4.89. The fourth-order valence-electron chi connectivity index (χ4n) is 4.44. The van der Waals surface area contributed by atoms with Crippen molar-refractivity contribution in [1.82, 2.24) is 14.5 Å². The zero-order chi connectivity index (χ0) is 22.7. The molecule has 164 valence electrons. The molecule has 3 aromatic rings. The van der Waals surface area contributed by atoms with Gasteiger partial charge >= 0.3 is 5.97 Å². The third-order valence-electron chi connectivity index (χ3n) is 6.03. The molecule has 0 radical (unpaired) electrons. The number of hydrogen-bond acceptors (Lipinski definition) is 4. The minimum Gasteiger partial charge on any atom is -0.481 e. The van der Waals surface area contributed by atoms with Crippen molar-refractivity contribution in [3.8, 4) is 5.69 Å². The second-order valence-corrected chi connectivity index (χ2v) is 8.25. The summed E-state index contributed by atoms with van der Waals surface area (Å²) in [4.78, 5) is 34.8. The number of rotatable bonds is 7. The van der Waals surface area contributed by atoms with Crippen molar-refractivity contribution in [1.29, 1.82) is 0 Å². The number of aliphatic carboxylic acids is 1. The molecular weight excluding hydrogens is 404 g/mol. The Morgan fingerprint density at radius 1 is 1.09 bits per heavy atom. The Hall–Kier alpha value is -3.50. The maximum atomic E-state index is 13.4. The van der Waals surface area contributed by atoms with Crippen LogP contribution in [0.4, 0.5) is 5.69 Å². The van der Waals surface area contributed by atoms with Crippen LogP contribution in [0.5, 0.6) is 0 Å². The van der Waals surface area contributed by atoms with Crippen molar-refractivity contribution in [2.45, 2.75) is 39.0 Å². The SMILES string of the molecule is [C-]#[N+]c1ccc(-n2c(C)c(C(=O)CN3CCCCC3)c3nc(CCC(=O)O)ccc32)cc1. The number of carboxylic acids is 1. The summed E-state index contributed by atoms with van der Waals surface area (Å²) in [5.74, 6) is -0.837. The molecule has 1 aliphatic heterocycles. The summed E-state index contributed by atoms with van der Waals surface area (Å²) >= 11 is 0. The number of carbonyl (C=O) groups is 2. The first kappa shape index (κ1) is 21.7. The number of Topliss-reactive ketones (excluding diaryl/α,β-unsaturated/α-hetero) is 1. The van der Waals surface area contributed by atoms with Crippen LogP contribution >= 0.6 is 0 Å². The zero-order valence-electron chi connectivity index (χ0n) is 18.2. The van der Waals surface area contributed by atoms with E-state index in [1.807, 2.05) is 35.8 Å². The van der Waals surface area contributed by atoms with Crippen LogP contribution in [-0.4, -0.2) is 50.9 Å². The molecule has 0 aliphatic carbocycles. The van der Waals surface area contributed by atoms with E-state index in [1.54, 1.807) is 12.1 Å². The number of piperidine rings is 1. The molecule has 2 aromatic heterocycles. The molecule has 7 heteroatoms. The molecule has 1 aliphatic rings. The average molecular weight is 431 g/mol. The molecule has 0 bridgehead atoms. The molecule has 32 heavy (non-hydrogen) atoms. The molecular formula is C25H26N4O3. The summed E-state index contributed by atoms with van der Waals surface area (Å²) < 4.78 is 2.00. The minimum absolute atomic E-state index is 0.00661. The molecule has 0 amide bonds. The summed E-state index contributed by atoms with van der Waals surface area (Å²) in [7, 11) is 0. The van der Waals surface area contributed by atoms with Gasteiger partial charge in [0.25, 0.3) is 0 Å². The lowest BCUT2D eigenvalue weighted by molar-refractivity contribution is -0.136. The summed E-state index contributed by atoms with van der Waals surface area (Å²) in [6.07, 6.45) is 3.73. The van der Waals surface area contributed by atoms with Gasteiger partial charge in [-0.2, -0.15) is 0 Å². The highest BCUT2D eigenvalue weighted by Gasteiger charge is 2.24. The van der Waals surface area contributed by atoms with Crippen LogP contribution in [0.3, 0.4) is 0 Å². The van der Waals surface area contributed by atoms with Crippen molar-refractivity contribution in [2.24, 2.45) is 0 Å². The lowest BCUT2D eigenvalue weighted by atomic mass is 10.1. The van der Waals surface area contributed by atoms with E-state index in [4.69, 9.17) is 16.7 Å². The topological polar surface area (TPSA) is 79.8 Å². The molecule has 0 atom stereocenters. The second-order valence-electron chi connectivity index (χ2n) is 8.25. The first-order valence-corrected chi connectivity index (χ1v) is 10.9.